The molecule has 0 amide bonds. The molecule has 24 heavy (non-hydrogen) atoms. The number of benzene rings is 1. The average molecular weight is 346 g/mol. The second kappa shape index (κ2) is 7.97. The van der Waals surface area contributed by atoms with Gasteiger partial charge in [0.25, 0.3) is 6.04 Å². The molecular formula is C18H21FN3OS+. The molecule has 0 saturated carbocycles. The summed E-state index contributed by atoms with van der Waals surface area (Å²) in [6, 6.07) is 8.68. The molecule has 2 rings (SSSR count). The summed E-state index contributed by atoms with van der Waals surface area (Å²) in [7, 11) is 3.90. The van der Waals surface area contributed by atoms with Crippen LogP contribution >= 0.6 is 12.2 Å². The first-order valence-electron chi connectivity index (χ1n) is 7.69. The van der Waals surface area contributed by atoms with Crippen molar-refractivity contribution in [3.8, 4) is 0 Å². The van der Waals surface area contributed by atoms with Crippen molar-refractivity contribution in [2.24, 2.45) is 0 Å². The Kier molecular flexibility index (Phi) is 5.98. The first-order chi connectivity index (χ1) is 11.4. The lowest BCUT2D eigenvalue weighted by molar-refractivity contribution is -0.692. The molecular weight excluding hydrogens is 325 g/mol. The first kappa shape index (κ1) is 18.0. The number of rotatable bonds is 6. The number of hydrogen-bond donors (Lipinski definition) is 1. The minimum atomic E-state index is -0.665. The third kappa shape index (κ3) is 4.14. The fourth-order valence-corrected chi connectivity index (χ4v) is 2.71. The third-order valence-electron chi connectivity index (χ3n) is 3.63. The number of nitrogens with zero attached hydrogens (tertiary/aromatic N) is 2. The highest BCUT2D eigenvalue weighted by Crippen LogP contribution is 2.14. The Morgan fingerprint density at radius 2 is 1.79 bits per heavy atom. The van der Waals surface area contributed by atoms with E-state index >= 15 is 0 Å². The number of Topliss-reactive ketones (excluding diaryl/α,β-unsaturated/α-hetero) is 1. The lowest BCUT2D eigenvalue weighted by Crippen LogP contribution is -2.51. The Labute approximate surface area is 146 Å². The fourth-order valence-electron chi connectivity index (χ4n) is 2.33. The van der Waals surface area contributed by atoms with E-state index in [9.17, 15) is 9.18 Å². The van der Waals surface area contributed by atoms with Gasteiger partial charge < -0.3 is 10.2 Å². The van der Waals surface area contributed by atoms with Crippen molar-refractivity contribution in [1.29, 1.82) is 0 Å². The largest absolute Gasteiger partial charge is 0.377 e. The average Bonchev–Trinajstić information content (AvgIpc) is 2.56. The summed E-state index contributed by atoms with van der Waals surface area (Å²) in [5, 5.41) is 3.05. The standard InChI is InChI=1S/C18H20FN3OS/c1-4-20-18(24)16(17(23)13-5-7-14(19)8-6-13)22-11-9-15(10-12-22)21(2)3/h5-12,16H,4H2,1-3H3/p+1. The second-order valence-electron chi connectivity index (χ2n) is 5.57. The number of thiocarbonyl (C=S) groups is 1. The molecule has 4 nitrogen and oxygen atoms in total. The van der Waals surface area contributed by atoms with Crippen molar-refractivity contribution in [3.05, 3.63) is 60.2 Å². The molecule has 1 atom stereocenters. The van der Waals surface area contributed by atoms with Crippen LogP contribution in [0.15, 0.2) is 48.8 Å². The van der Waals surface area contributed by atoms with Gasteiger partial charge in [-0.3, -0.25) is 4.79 Å². The van der Waals surface area contributed by atoms with Crippen LogP contribution in [0.25, 0.3) is 0 Å². The van der Waals surface area contributed by atoms with Gasteiger partial charge in [-0.25, -0.2) is 4.39 Å². The molecule has 0 aliphatic rings. The molecule has 1 N–H and O–H groups in total. The van der Waals surface area contributed by atoms with Gasteiger partial charge in [-0.2, -0.15) is 4.57 Å². The van der Waals surface area contributed by atoms with Gasteiger partial charge in [0.1, 0.15) is 5.82 Å². The fraction of sp³-hybridized carbons (Fsp3) is 0.278. The zero-order valence-electron chi connectivity index (χ0n) is 14.0. The summed E-state index contributed by atoms with van der Waals surface area (Å²) >= 11 is 5.41. The number of ketones is 1. The van der Waals surface area contributed by atoms with Gasteiger partial charge in [0.15, 0.2) is 17.4 Å². The lowest BCUT2D eigenvalue weighted by Gasteiger charge is -2.15. The molecule has 1 aromatic heterocycles. The van der Waals surface area contributed by atoms with Crippen LogP contribution in [0.4, 0.5) is 10.1 Å². The van der Waals surface area contributed by atoms with Crippen molar-refractivity contribution in [1.82, 2.24) is 5.32 Å². The maximum atomic E-state index is 13.1. The zero-order valence-corrected chi connectivity index (χ0v) is 14.8. The summed E-state index contributed by atoms with van der Waals surface area (Å²) in [6.45, 7) is 2.55. The predicted octanol–water partition coefficient (Wildman–Crippen LogP) is 2.54. The Balaban J connectivity index is 2.38. The summed E-state index contributed by atoms with van der Waals surface area (Å²) < 4.78 is 14.9. The van der Waals surface area contributed by atoms with Gasteiger partial charge in [-0.1, -0.05) is 12.2 Å². The van der Waals surface area contributed by atoms with Gasteiger partial charge in [0.05, 0.1) is 0 Å². The number of halogens is 1. The molecule has 0 aliphatic heterocycles. The van der Waals surface area contributed by atoms with E-state index in [0.717, 1.165) is 5.69 Å². The van der Waals surface area contributed by atoms with Crippen LogP contribution in [0.1, 0.15) is 23.3 Å². The van der Waals surface area contributed by atoms with Gasteiger partial charge >= 0.3 is 0 Å². The Morgan fingerprint density at radius 3 is 2.29 bits per heavy atom. The highest BCUT2D eigenvalue weighted by molar-refractivity contribution is 7.80. The van der Waals surface area contributed by atoms with E-state index in [1.54, 1.807) is 4.57 Å². The van der Waals surface area contributed by atoms with E-state index < -0.39 is 6.04 Å². The number of pyridine rings is 1. The van der Waals surface area contributed by atoms with E-state index in [0.29, 0.717) is 17.1 Å². The molecule has 0 bridgehead atoms. The van der Waals surface area contributed by atoms with Crippen molar-refractivity contribution in [3.63, 3.8) is 0 Å². The smallest absolute Gasteiger partial charge is 0.270 e. The van der Waals surface area contributed by atoms with Crippen LogP contribution in [0.2, 0.25) is 0 Å². The van der Waals surface area contributed by atoms with Crippen molar-refractivity contribution >= 4 is 28.7 Å². The van der Waals surface area contributed by atoms with Crippen LogP contribution in [0.5, 0.6) is 0 Å². The lowest BCUT2D eigenvalue weighted by atomic mass is 10.0. The van der Waals surface area contributed by atoms with Gasteiger partial charge in [0.2, 0.25) is 5.78 Å². The molecule has 0 radical (unpaired) electrons. The summed E-state index contributed by atoms with van der Waals surface area (Å²) in [6.07, 6.45) is 3.65. The van der Waals surface area contributed by atoms with Gasteiger partial charge in [0, 0.05) is 44.0 Å². The molecule has 0 saturated heterocycles. The van der Waals surface area contributed by atoms with Crippen LogP contribution in [0.3, 0.4) is 0 Å². The van der Waals surface area contributed by atoms with Crippen LogP contribution < -0.4 is 14.8 Å². The summed E-state index contributed by atoms with van der Waals surface area (Å²) in [5.74, 6) is -0.552. The number of likely N-dealkylation sites (N-methyl/N-ethyl adjacent to an activating group) is 1. The SMILES string of the molecule is CCNC(=S)C(C(=O)c1ccc(F)cc1)[n+]1ccc(N(C)C)cc1. The first-order valence-corrected chi connectivity index (χ1v) is 8.10. The summed E-state index contributed by atoms with van der Waals surface area (Å²) in [4.78, 5) is 15.3. The highest BCUT2D eigenvalue weighted by Gasteiger charge is 2.32. The minimum Gasteiger partial charge on any atom is -0.377 e. The molecule has 1 heterocycles. The molecule has 6 heteroatoms. The number of carbonyl (C=O) groups is 1. The van der Waals surface area contributed by atoms with Crippen LogP contribution in [-0.4, -0.2) is 31.4 Å². The quantitative estimate of drug-likeness (QED) is 0.495. The topological polar surface area (TPSA) is 36.2 Å². The molecule has 1 unspecified atom stereocenters. The van der Waals surface area contributed by atoms with E-state index in [4.69, 9.17) is 12.2 Å². The maximum absolute atomic E-state index is 13.1. The van der Waals surface area contributed by atoms with Crippen molar-refractivity contribution in [2.75, 3.05) is 25.5 Å². The Morgan fingerprint density at radius 1 is 1.21 bits per heavy atom. The van der Waals surface area contributed by atoms with Crippen molar-refractivity contribution in [2.45, 2.75) is 13.0 Å². The number of anilines is 1. The zero-order chi connectivity index (χ0) is 17.7. The number of carbonyl (C=O) groups excluding carboxylic acids is 1. The number of hydrogen-bond acceptors (Lipinski definition) is 3. The number of nitrogens with one attached hydrogen (secondary N) is 1. The molecule has 0 fully saturated rings. The van der Waals surface area contributed by atoms with Crippen LogP contribution in [0, 0.1) is 5.82 Å². The molecule has 1 aromatic carbocycles. The second-order valence-corrected chi connectivity index (χ2v) is 6.01. The van der Waals surface area contributed by atoms with Crippen LogP contribution in [-0.2, 0) is 0 Å². The van der Waals surface area contributed by atoms with Gasteiger partial charge in [-0.05, 0) is 31.2 Å². The molecule has 2 aromatic rings. The maximum Gasteiger partial charge on any atom is 0.270 e. The predicted molar refractivity (Wildman–Crippen MR) is 97.0 cm³/mol. The minimum absolute atomic E-state index is 0.177. The monoisotopic (exact) mass is 346 g/mol. The van der Waals surface area contributed by atoms with E-state index in [1.807, 2.05) is 50.4 Å². The molecule has 0 aliphatic carbocycles. The van der Waals surface area contributed by atoms with E-state index in [1.165, 1.54) is 24.3 Å². The molecule has 0 spiro atoms. The molecule has 126 valence electrons. The Bertz CT molecular complexity index is 714. The third-order valence-corrected chi connectivity index (χ3v) is 3.99. The summed E-state index contributed by atoms with van der Waals surface area (Å²) in [5.41, 5.74) is 1.44. The normalized spacial score (nSPS) is 11.7. The van der Waals surface area contributed by atoms with E-state index in [-0.39, 0.29) is 11.6 Å². The Hall–Kier alpha value is -2.34. The van der Waals surface area contributed by atoms with Crippen molar-refractivity contribution < 1.29 is 13.8 Å². The highest BCUT2D eigenvalue weighted by atomic mass is 32.1. The van der Waals surface area contributed by atoms with Gasteiger partial charge in [-0.15, -0.1) is 0 Å². The van der Waals surface area contributed by atoms with E-state index in [2.05, 4.69) is 5.32 Å². The number of aromatic nitrogens is 1.